The van der Waals surface area contributed by atoms with E-state index in [0.29, 0.717) is 23.8 Å². The lowest BCUT2D eigenvalue weighted by Crippen LogP contribution is -2.51. The molecular weight excluding hydrogens is 379 g/mol. The molecule has 4 amide bonds. The maximum atomic E-state index is 12.6. The summed E-state index contributed by atoms with van der Waals surface area (Å²) < 4.78 is 0. The molecule has 1 aromatic carbocycles. The zero-order valence-corrected chi connectivity index (χ0v) is 15.8. The number of amides is 4. The second kappa shape index (κ2) is 7.82. The zero-order valence-electron chi connectivity index (χ0n) is 14.3. The molecule has 7 nitrogen and oxygen atoms in total. The van der Waals surface area contributed by atoms with Crippen LogP contribution >= 0.6 is 23.2 Å². The third kappa shape index (κ3) is 3.95. The Morgan fingerprint density at radius 1 is 1.27 bits per heavy atom. The van der Waals surface area contributed by atoms with Crippen molar-refractivity contribution in [2.45, 2.75) is 31.8 Å². The number of halogens is 2. The summed E-state index contributed by atoms with van der Waals surface area (Å²) in [5, 5.41) is 6.51. The van der Waals surface area contributed by atoms with E-state index in [-0.39, 0.29) is 29.8 Å². The Morgan fingerprint density at radius 3 is 2.73 bits per heavy atom. The van der Waals surface area contributed by atoms with Gasteiger partial charge in [-0.15, -0.1) is 0 Å². The van der Waals surface area contributed by atoms with Crippen LogP contribution in [0.1, 0.15) is 19.8 Å². The summed E-state index contributed by atoms with van der Waals surface area (Å²) in [6.07, 6.45) is 0.470. The van der Waals surface area contributed by atoms with E-state index in [2.05, 4.69) is 10.6 Å². The zero-order chi connectivity index (χ0) is 18.8. The van der Waals surface area contributed by atoms with E-state index >= 15 is 0 Å². The predicted molar refractivity (Wildman–Crippen MR) is 99.5 cm³/mol. The normalized spacial score (nSPS) is 23.3. The summed E-state index contributed by atoms with van der Waals surface area (Å²) in [5.41, 5.74) is 0.353. The monoisotopic (exact) mass is 398 g/mol. The Hall–Kier alpha value is -1.83. The van der Waals surface area contributed by atoms with Gasteiger partial charge in [-0.05, 0) is 31.5 Å². The van der Waals surface area contributed by atoms with E-state index in [4.69, 9.17) is 23.2 Å². The van der Waals surface area contributed by atoms with Crippen molar-refractivity contribution in [1.82, 2.24) is 15.5 Å². The number of carbonyl (C=O) groups is 3. The molecule has 2 aliphatic rings. The van der Waals surface area contributed by atoms with Gasteiger partial charge < -0.3 is 15.5 Å². The summed E-state index contributed by atoms with van der Waals surface area (Å²) in [6, 6.07) is 3.56. The van der Waals surface area contributed by atoms with Gasteiger partial charge in [0, 0.05) is 32.1 Å². The maximum absolute atomic E-state index is 12.6. The Morgan fingerprint density at radius 2 is 2.04 bits per heavy atom. The number of nitrogens with one attached hydrogen (secondary N) is 2. The number of nitrogens with zero attached hydrogens (tertiary/aromatic N) is 2. The molecule has 9 heteroatoms. The number of hydrogen-bond acceptors (Lipinski definition) is 4. The minimum Gasteiger partial charge on any atom is -0.340 e. The fourth-order valence-electron chi connectivity index (χ4n) is 3.18. The molecule has 140 valence electrons. The molecule has 0 aromatic heterocycles. The molecule has 2 heterocycles. The van der Waals surface area contributed by atoms with Crippen molar-refractivity contribution in [3.05, 3.63) is 28.2 Å². The SMILES string of the molecule is C[C@@H]1CN(C(=O)CC[C@H]2NC(=O)N(c3ccc(Cl)c(Cl)c3)C2=O)CCN1. The molecule has 0 bridgehead atoms. The van der Waals surface area contributed by atoms with Crippen molar-refractivity contribution < 1.29 is 14.4 Å². The van der Waals surface area contributed by atoms with Crippen LogP contribution < -0.4 is 15.5 Å². The fourth-order valence-corrected chi connectivity index (χ4v) is 3.47. The van der Waals surface area contributed by atoms with E-state index in [1.807, 2.05) is 6.92 Å². The molecule has 0 radical (unpaired) electrons. The molecule has 2 N–H and O–H groups in total. The molecule has 0 unspecified atom stereocenters. The maximum Gasteiger partial charge on any atom is 0.329 e. The Balaban J connectivity index is 1.61. The first kappa shape index (κ1) is 18.9. The lowest BCUT2D eigenvalue weighted by Gasteiger charge is -2.32. The van der Waals surface area contributed by atoms with Crippen LogP contribution in [0.15, 0.2) is 18.2 Å². The average Bonchev–Trinajstić information content (AvgIpc) is 2.89. The number of anilines is 1. The van der Waals surface area contributed by atoms with E-state index < -0.39 is 18.0 Å². The lowest BCUT2D eigenvalue weighted by atomic mass is 10.1. The van der Waals surface area contributed by atoms with Gasteiger partial charge in [0.05, 0.1) is 15.7 Å². The third-order valence-electron chi connectivity index (χ3n) is 4.55. The van der Waals surface area contributed by atoms with Crippen molar-refractivity contribution in [1.29, 1.82) is 0 Å². The summed E-state index contributed by atoms with van der Waals surface area (Å²) in [4.78, 5) is 40.0. The molecule has 1 aromatic rings. The highest BCUT2D eigenvalue weighted by Gasteiger charge is 2.39. The lowest BCUT2D eigenvalue weighted by molar-refractivity contribution is -0.132. The molecule has 0 spiro atoms. The third-order valence-corrected chi connectivity index (χ3v) is 5.29. The fraction of sp³-hybridized carbons (Fsp3) is 0.471. The van der Waals surface area contributed by atoms with Gasteiger partial charge >= 0.3 is 6.03 Å². The Labute approximate surface area is 161 Å². The van der Waals surface area contributed by atoms with Crippen LogP contribution in [0.5, 0.6) is 0 Å². The Kier molecular flexibility index (Phi) is 5.70. The molecule has 2 fully saturated rings. The second-order valence-electron chi connectivity index (χ2n) is 6.51. The highest BCUT2D eigenvalue weighted by Crippen LogP contribution is 2.29. The minimum atomic E-state index is -0.721. The Bertz CT molecular complexity index is 743. The molecule has 0 aliphatic carbocycles. The number of rotatable bonds is 4. The largest absolute Gasteiger partial charge is 0.340 e. The van der Waals surface area contributed by atoms with Crippen molar-refractivity contribution in [3.8, 4) is 0 Å². The first-order chi connectivity index (χ1) is 12.4. The molecule has 2 atom stereocenters. The molecule has 0 saturated carbocycles. The van der Waals surface area contributed by atoms with E-state index in [1.165, 1.54) is 12.1 Å². The van der Waals surface area contributed by atoms with Crippen LogP contribution in [0.25, 0.3) is 0 Å². The molecule has 26 heavy (non-hydrogen) atoms. The number of imide groups is 1. The van der Waals surface area contributed by atoms with Crippen molar-refractivity contribution in [2.75, 3.05) is 24.5 Å². The van der Waals surface area contributed by atoms with Crippen LogP contribution in [0.4, 0.5) is 10.5 Å². The van der Waals surface area contributed by atoms with Crippen molar-refractivity contribution in [2.24, 2.45) is 0 Å². The van der Waals surface area contributed by atoms with Gasteiger partial charge in [-0.2, -0.15) is 0 Å². The van der Waals surface area contributed by atoms with Crippen LogP contribution in [-0.4, -0.2) is 54.5 Å². The van der Waals surface area contributed by atoms with Crippen molar-refractivity contribution >= 4 is 46.7 Å². The number of carbonyl (C=O) groups excluding carboxylic acids is 3. The highest BCUT2D eigenvalue weighted by molar-refractivity contribution is 6.42. The van der Waals surface area contributed by atoms with E-state index in [1.54, 1.807) is 11.0 Å². The van der Waals surface area contributed by atoms with Crippen LogP contribution in [0, 0.1) is 0 Å². The van der Waals surface area contributed by atoms with Crippen LogP contribution in [0.3, 0.4) is 0 Å². The van der Waals surface area contributed by atoms with Gasteiger partial charge in [0.1, 0.15) is 6.04 Å². The summed E-state index contributed by atoms with van der Waals surface area (Å²) >= 11 is 11.8. The number of benzene rings is 1. The summed E-state index contributed by atoms with van der Waals surface area (Å²) in [7, 11) is 0. The number of piperazine rings is 1. The predicted octanol–water partition coefficient (Wildman–Crippen LogP) is 2.02. The molecule has 2 aliphatic heterocycles. The topological polar surface area (TPSA) is 81.8 Å². The van der Waals surface area contributed by atoms with Gasteiger partial charge in [0.25, 0.3) is 5.91 Å². The molecular formula is C17H20Cl2N4O3. The highest BCUT2D eigenvalue weighted by atomic mass is 35.5. The van der Waals surface area contributed by atoms with Gasteiger partial charge in [0.2, 0.25) is 5.91 Å². The van der Waals surface area contributed by atoms with E-state index in [9.17, 15) is 14.4 Å². The van der Waals surface area contributed by atoms with Crippen LogP contribution in [0.2, 0.25) is 10.0 Å². The summed E-state index contributed by atoms with van der Waals surface area (Å²) in [6.45, 7) is 4.09. The van der Waals surface area contributed by atoms with Gasteiger partial charge in [-0.1, -0.05) is 23.2 Å². The number of urea groups is 1. The van der Waals surface area contributed by atoms with Gasteiger partial charge in [-0.3, -0.25) is 9.59 Å². The average molecular weight is 399 g/mol. The smallest absolute Gasteiger partial charge is 0.329 e. The first-order valence-electron chi connectivity index (χ1n) is 8.47. The second-order valence-corrected chi connectivity index (χ2v) is 7.32. The molecule has 3 rings (SSSR count). The van der Waals surface area contributed by atoms with E-state index in [0.717, 1.165) is 11.4 Å². The number of hydrogen-bond donors (Lipinski definition) is 2. The molecule has 2 saturated heterocycles. The summed E-state index contributed by atoms with van der Waals surface area (Å²) in [5.74, 6) is -0.400. The quantitative estimate of drug-likeness (QED) is 0.760. The van der Waals surface area contributed by atoms with Gasteiger partial charge in [0.15, 0.2) is 0 Å². The van der Waals surface area contributed by atoms with Gasteiger partial charge in [-0.25, -0.2) is 9.69 Å². The minimum absolute atomic E-state index is 0.00612. The standard InChI is InChI=1S/C17H20Cl2N4O3/c1-10-9-22(7-6-20-10)15(24)5-4-14-16(25)23(17(26)21-14)11-2-3-12(18)13(19)8-11/h2-3,8,10,14,20H,4-7,9H2,1H3,(H,21,26)/t10-,14-/m1/s1. The first-order valence-corrected chi connectivity index (χ1v) is 9.23. The van der Waals surface area contributed by atoms with Crippen molar-refractivity contribution in [3.63, 3.8) is 0 Å². The van der Waals surface area contributed by atoms with Crippen LogP contribution in [-0.2, 0) is 9.59 Å².